The number of carbonyl (C=O) groups is 3. The van der Waals surface area contributed by atoms with Crippen LogP contribution in [0.2, 0.25) is 0 Å². The van der Waals surface area contributed by atoms with E-state index in [1.54, 1.807) is 48.5 Å². The average molecular weight is 492 g/mol. The number of hydrogen-bond acceptors (Lipinski definition) is 3. The third-order valence-corrected chi connectivity index (χ3v) is 6.04. The van der Waals surface area contributed by atoms with E-state index in [2.05, 4.69) is 26.6 Å². The second-order valence-electron chi connectivity index (χ2n) is 7.76. The zero-order chi connectivity index (χ0) is 22.8. The first-order chi connectivity index (χ1) is 15.3. The average Bonchev–Trinajstić information content (AvgIpc) is 2.77. The molecule has 3 amide bonds. The SMILES string of the molecule is Cc1ccc(NC(=O)C[C@@H]2C(=O)Nc3ccccc3N2C(=O)c2ccc(Br)cc2)cc1C. The highest BCUT2D eigenvalue weighted by atomic mass is 79.9. The second kappa shape index (κ2) is 8.96. The molecule has 0 fully saturated rings. The van der Waals surface area contributed by atoms with Gasteiger partial charge in [-0.2, -0.15) is 0 Å². The van der Waals surface area contributed by atoms with Gasteiger partial charge in [0.1, 0.15) is 6.04 Å². The van der Waals surface area contributed by atoms with Crippen molar-refractivity contribution in [2.75, 3.05) is 15.5 Å². The fourth-order valence-electron chi connectivity index (χ4n) is 3.66. The number of benzene rings is 3. The molecule has 1 aliphatic heterocycles. The number of fused-ring (bicyclic) bond motifs is 1. The van der Waals surface area contributed by atoms with Crippen molar-refractivity contribution in [3.05, 3.63) is 87.9 Å². The van der Waals surface area contributed by atoms with Crippen LogP contribution in [0, 0.1) is 13.8 Å². The molecule has 1 atom stereocenters. The molecule has 162 valence electrons. The van der Waals surface area contributed by atoms with Crippen LogP contribution in [0.25, 0.3) is 0 Å². The quantitative estimate of drug-likeness (QED) is 0.535. The lowest BCUT2D eigenvalue weighted by atomic mass is 10.0. The summed E-state index contributed by atoms with van der Waals surface area (Å²) in [5.74, 6) is -1.09. The predicted molar refractivity (Wildman–Crippen MR) is 129 cm³/mol. The summed E-state index contributed by atoms with van der Waals surface area (Å²) in [6.07, 6.45) is -0.171. The molecule has 1 heterocycles. The molecular weight excluding hydrogens is 470 g/mol. The van der Waals surface area contributed by atoms with Crippen molar-refractivity contribution in [2.45, 2.75) is 26.3 Å². The lowest BCUT2D eigenvalue weighted by Gasteiger charge is -2.36. The van der Waals surface area contributed by atoms with Gasteiger partial charge in [-0.1, -0.05) is 34.1 Å². The normalized spacial score (nSPS) is 15.0. The topological polar surface area (TPSA) is 78.5 Å². The Balaban J connectivity index is 1.64. The van der Waals surface area contributed by atoms with Crippen LogP contribution in [-0.2, 0) is 9.59 Å². The largest absolute Gasteiger partial charge is 0.326 e. The molecule has 3 aromatic rings. The first-order valence-electron chi connectivity index (χ1n) is 10.2. The van der Waals surface area contributed by atoms with Gasteiger partial charge in [-0.05, 0) is 73.5 Å². The molecule has 0 aromatic heterocycles. The van der Waals surface area contributed by atoms with Gasteiger partial charge in [0.2, 0.25) is 11.8 Å². The van der Waals surface area contributed by atoms with E-state index in [0.29, 0.717) is 22.6 Å². The Morgan fingerprint density at radius 3 is 2.44 bits per heavy atom. The van der Waals surface area contributed by atoms with E-state index >= 15 is 0 Å². The van der Waals surface area contributed by atoms with E-state index in [1.165, 1.54) is 4.90 Å². The van der Waals surface area contributed by atoms with Crippen LogP contribution >= 0.6 is 15.9 Å². The Hall–Kier alpha value is -3.45. The highest BCUT2D eigenvalue weighted by molar-refractivity contribution is 9.10. The summed E-state index contributed by atoms with van der Waals surface area (Å²) >= 11 is 3.37. The van der Waals surface area contributed by atoms with Gasteiger partial charge in [-0.15, -0.1) is 0 Å². The third kappa shape index (κ3) is 4.43. The molecule has 0 saturated heterocycles. The van der Waals surface area contributed by atoms with E-state index < -0.39 is 11.9 Å². The molecule has 0 aliphatic carbocycles. The maximum atomic E-state index is 13.5. The van der Waals surface area contributed by atoms with E-state index in [4.69, 9.17) is 0 Å². The number of para-hydroxylation sites is 2. The van der Waals surface area contributed by atoms with Crippen LogP contribution < -0.4 is 15.5 Å². The highest BCUT2D eigenvalue weighted by Gasteiger charge is 2.38. The minimum absolute atomic E-state index is 0.171. The molecule has 1 aliphatic rings. The third-order valence-electron chi connectivity index (χ3n) is 5.52. The summed E-state index contributed by atoms with van der Waals surface area (Å²) in [6.45, 7) is 3.96. The molecule has 6 nitrogen and oxygen atoms in total. The van der Waals surface area contributed by atoms with Gasteiger partial charge in [-0.25, -0.2) is 0 Å². The molecule has 0 bridgehead atoms. The lowest BCUT2D eigenvalue weighted by molar-refractivity contribution is -0.122. The summed E-state index contributed by atoms with van der Waals surface area (Å²) in [4.78, 5) is 40.7. The van der Waals surface area contributed by atoms with Crippen LogP contribution in [0.3, 0.4) is 0 Å². The van der Waals surface area contributed by atoms with Crippen molar-refractivity contribution in [2.24, 2.45) is 0 Å². The summed E-state index contributed by atoms with van der Waals surface area (Å²) in [6, 6.07) is 18.6. The van der Waals surface area contributed by atoms with Gasteiger partial charge in [0.15, 0.2) is 0 Å². The monoisotopic (exact) mass is 491 g/mol. The van der Waals surface area contributed by atoms with Crippen molar-refractivity contribution < 1.29 is 14.4 Å². The number of anilines is 3. The molecule has 32 heavy (non-hydrogen) atoms. The Bertz CT molecular complexity index is 1210. The molecule has 4 rings (SSSR count). The smallest absolute Gasteiger partial charge is 0.259 e. The van der Waals surface area contributed by atoms with Gasteiger partial charge in [0, 0.05) is 15.7 Å². The molecule has 3 aromatic carbocycles. The van der Waals surface area contributed by atoms with Gasteiger partial charge in [-0.3, -0.25) is 19.3 Å². The van der Waals surface area contributed by atoms with Crippen LogP contribution in [0.4, 0.5) is 17.1 Å². The van der Waals surface area contributed by atoms with E-state index in [9.17, 15) is 14.4 Å². The summed E-state index contributed by atoms with van der Waals surface area (Å²) in [7, 11) is 0. The number of amides is 3. The minimum Gasteiger partial charge on any atom is -0.326 e. The molecule has 2 N–H and O–H groups in total. The Labute approximate surface area is 194 Å². The Kier molecular flexibility index (Phi) is 6.10. The number of halogens is 1. The predicted octanol–water partition coefficient (Wildman–Crippen LogP) is 5.06. The van der Waals surface area contributed by atoms with E-state index in [-0.39, 0.29) is 18.2 Å². The number of rotatable bonds is 4. The number of nitrogens with zero attached hydrogens (tertiary/aromatic N) is 1. The summed E-state index contributed by atoms with van der Waals surface area (Å²) < 4.78 is 0.843. The minimum atomic E-state index is -0.979. The number of hydrogen-bond donors (Lipinski definition) is 2. The number of aryl methyl sites for hydroxylation is 2. The molecule has 0 spiro atoms. The first kappa shape index (κ1) is 21.8. The fourth-order valence-corrected chi connectivity index (χ4v) is 3.93. The van der Waals surface area contributed by atoms with E-state index in [1.807, 2.05) is 32.0 Å². The standard InChI is InChI=1S/C25H22BrN3O3/c1-15-7-12-19(13-16(15)2)27-23(30)14-22-24(31)28-20-5-3-4-6-21(20)29(22)25(32)17-8-10-18(26)11-9-17/h3-13,22H,14H2,1-2H3,(H,27,30)(H,28,31)/t22-/m1/s1. The zero-order valence-corrected chi connectivity index (χ0v) is 19.3. The van der Waals surface area contributed by atoms with Crippen molar-refractivity contribution >= 4 is 50.7 Å². The van der Waals surface area contributed by atoms with Gasteiger partial charge in [0.05, 0.1) is 17.8 Å². The van der Waals surface area contributed by atoms with Crippen LogP contribution in [-0.4, -0.2) is 23.8 Å². The number of nitrogens with one attached hydrogen (secondary N) is 2. The van der Waals surface area contributed by atoms with Crippen LogP contribution in [0.1, 0.15) is 27.9 Å². The molecule has 7 heteroatoms. The van der Waals surface area contributed by atoms with Gasteiger partial charge < -0.3 is 10.6 Å². The summed E-state index contributed by atoms with van der Waals surface area (Å²) in [5.41, 5.74) is 4.35. The lowest BCUT2D eigenvalue weighted by Crippen LogP contribution is -2.52. The zero-order valence-electron chi connectivity index (χ0n) is 17.7. The van der Waals surface area contributed by atoms with Gasteiger partial charge in [0.25, 0.3) is 5.91 Å². The van der Waals surface area contributed by atoms with Crippen molar-refractivity contribution in [1.82, 2.24) is 0 Å². The van der Waals surface area contributed by atoms with Crippen LogP contribution in [0.15, 0.2) is 71.2 Å². The Morgan fingerprint density at radius 1 is 1.00 bits per heavy atom. The molecule has 0 unspecified atom stereocenters. The molecule has 0 saturated carbocycles. The van der Waals surface area contributed by atoms with Crippen LogP contribution in [0.5, 0.6) is 0 Å². The molecular formula is C25H22BrN3O3. The van der Waals surface area contributed by atoms with E-state index in [0.717, 1.165) is 15.6 Å². The maximum Gasteiger partial charge on any atom is 0.259 e. The number of carbonyl (C=O) groups excluding carboxylic acids is 3. The Morgan fingerprint density at radius 2 is 1.72 bits per heavy atom. The maximum absolute atomic E-state index is 13.5. The fraction of sp³-hybridized carbons (Fsp3) is 0.160. The van der Waals surface area contributed by atoms with Crippen molar-refractivity contribution in [3.63, 3.8) is 0 Å². The summed E-state index contributed by atoms with van der Waals surface area (Å²) in [5, 5.41) is 5.67. The van der Waals surface area contributed by atoms with Crippen molar-refractivity contribution in [3.8, 4) is 0 Å². The van der Waals surface area contributed by atoms with Gasteiger partial charge >= 0.3 is 0 Å². The first-order valence-corrected chi connectivity index (χ1v) is 11.0. The highest BCUT2D eigenvalue weighted by Crippen LogP contribution is 2.34. The molecule has 0 radical (unpaired) electrons. The second-order valence-corrected chi connectivity index (χ2v) is 8.67. The van der Waals surface area contributed by atoms with Crippen molar-refractivity contribution in [1.29, 1.82) is 0 Å².